The lowest BCUT2D eigenvalue weighted by Crippen LogP contribution is -2.44. The Kier molecular flexibility index (Phi) is 6.53. The normalized spacial score (nSPS) is 12.8. The molecule has 0 saturated heterocycles. The van der Waals surface area contributed by atoms with Crippen molar-refractivity contribution in [2.75, 3.05) is 7.05 Å². The van der Waals surface area contributed by atoms with Gasteiger partial charge in [0.15, 0.2) is 0 Å². The number of amides is 2. The topological polar surface area (TPSA) is 45.2 Å². The summed E-state index contributed by atoms with van der Waals surface area (Å²) in [6, 6.07) is 0.205. The van der Waals surface area contributed by atoms with Crippen LogP contribution in [0, 0.1) is 5.92 Å². The van der Waals surface area contributed by atoms with Crippen molar-refractivity contribution in [3.63, 3.8) is 0 Å². The summed E-state index contributed by atoms with van der Waals surface area (Å²) in [7, 11) is 3.91. The molecule has 112 valence electrons. The Balaban J connectivity index is 2.56. The van der Waals surface area contributed by atoms with Gasteiger partial charge in [0.1, 0.15) is 7.85 Å². The zero-order valence-corrected chi connectivity index (χ0v) is 14.3. The zero-order valence-electron chi connectivity index (χ0n) is 13.4. The van der Waals surface area contributed by atoms with Crippen molar-refractivity contribution < 1.29 is 4.79 Å². The predicted molar refractivity (Wildman–Crippen MR) is 88.2 cm³/mol. The summed E-state index contributed by atoms with van der Waals surface area (Å²) in [5.74, 6) is 0.891. The average Bonchev–Trinajstić information content (AvgIpc) is 2.83. The van der Waals surface area contributed by atoms with Gasteiger partial charge in [0.05, 0.1) is 17.2 Å². The van der Waals surface area contributed by atoms with Crippen molar-refractivity contribution in [2.24, 2.45) is 5.92 Å². The molecule has 1 unspecified atom stereocenters. The highest BCUT2D eigenvalue weighted by atomic mass is 32.1. The lowest BCUT2D eigenvalue weighted by Gasteiger charge is -2.24. The maximum Gasteiger partial charge on any atom is 0.317 e. The van der Waals surface area contributed by atoms with Crippen LogP contribution < -0.4 is 5.32 Å². The first-order valence-corrected chi connectivity index (χ1v) is 8.19. The van der Waals surface area contributed by atoms with Crippen LogP contribution in [0.1, 0.15) is 44.3 Å². The van der Waals surface area contributed by atoms with Crippen LogP contribution >= 0.6 is 11.3 Å². The number of rotatable bonds is 6. The number of hydrogen-bond donors (Lipinski definition) is 1. The second kappa shape index (κ2) is 7.67. The van der Waals surface area contributed by atoms with Gasteiger partial charge >= 0.3 is 6.03 Å². The fourth-order valence-electron chi connectivity index (χ4n) is 1.98. The highest BCUT2D eigenvalue weighted by Crippen LogP contribution is 2.19. The molecule has 4 nitrogen and oxygen atoms in total. The quantitative estimate of drug-likeness (QED) is 0.820. The number of hydrogen-bond acceptors (Lipinski definition) is 3. The van der Waals surface area contributed by atoms with Gasteiger partial charge in [-0.25, -0.2) is 9.78 Å². The minimum Gasteiger partial charge on any atom is -0.336 e. The van der Waals surface area contributed by atoms with Crippen molar-refractivity contribution in [1.82, 2.24) is 15.2 Å². The van der Waals surface area contributed by atoms with E-state index in [9.17, 15) is 4.79 Å². The van der Waals surface area contributed by atoms with E-state index in [1.807, 2.05) is 12.4 Å². The number of nitrogens with one attached hydrogen (secondary N) is 1. The first kappa shape index (κ1) is 17.0. The highest BCUT2D eigenvalue weighted by molar-refractivity contribution is 7.09. The number of thiazole rings is 1. The maximum atomic E-state index is 12.2. The number of urea groups is 1. The Morgan fingerprint density at radius 1 is 1.45 bits per heavy atom. The molecule has 0 bridgehead atoms. The van der Waals surface area contributed by atoms with Crippen molar-refractivity contribution in [3.8, 4) is 0 Å². The molecule has 1 atom stereocenters. The second-order valence-corrected chi connectivity index (χ2v) is 6.79. The Labute approximate surface area is 127 Å². The van der Waals surface area contributed by atoms with E-state index < -0.39 is 0 Å². The molecule has 20 heavy (non-hydrogen) atoms. The Bertz CT molecular complexity index is 434. The molecule has 6 heteroatoms. The molecule has 0 spiro atoms. The van der Waals surface area contributed by atoms with Crippen molar-refractivity contribution in [1.29, 1.82) is 0 Å². The zero-order chi connectivity index (χ0) is 15.3. The first-order valence-electron chi connectivity index (χ1n) is 7.31. The van der Waals surface area contributed by atoms with E-state index >= 15 is 0 Å². The van der Waals surface area contributed by atoms with Crippen LogP contribution in [0.15, 0.2) is 5.38 Å². The SMILES string of the molecule is BCC(NC(=O)N(C)Cc1csc(C(C)C)n1)C(C)C. The van der Waals surface area contributed by atoms with Gasteiger partial charge in [0.2, 0.25) is 0 Å². The van der Waals surface area contributed by atoms with Gasteiger partial charge in [-0.3, -0.25) is 0 Å². The summed E-state index contributed by atoms with van der Waals surface area (Å²) in [5.41, 5.74) is 0.967. The molecule has 0 aliphatic carbocycles. The minimum atomic E-state index is -0.0235. The van der Waals surface area contributed by atoms with E-state index in [1.165, 1.54) is 0 Å². The number of nitrogens with zero attached hydrogens (tertiary/aromatic N) is 2. The van der Waals surface area contributed by atoms with Crippen molar-refractivity contribution in [3.05, 3.63) is 16.1 Å². The lowest BCUT2D eigenvalue weighted by atomic mass is 9.90. The third-order valence-electron chi connectivity index (χ3n) is 3.36. The Morgan fingerprint density at radius 3 is 2.55 bits per heavy atom. The number of carbonyl (C=O) groups is 1. The molecule has 1 aromatic rings. The van der Waals surface area contributed by atoms with Crippen LogP contribution in [-0.4, -0.2) is 36.9 Å². The fraction of sp³-hybridized carbons (Fsp3) is 0.714. The van der Waals surface area contributed by atoms with Crippen LogP contribution in [-0.2, 0) is 6.54 Å². The molecule has 1 N–H and O–H groups in total. The van der Waals surface area contributed by atoms with Gasteiger partial charge in [0, 0.05) is 24.4 Å². The van der Waals surface area contributed by atoms with Gasteiger partial charge in [-0.15, -0.1) is 11.3 Å². The van der Waals surface area contributed by atoms with Gasteiger partial charge < -0.3 is 10.2 Å². The van der Waals surface area contributed by atoms with Crippen LogP contribution in [0.3, 0.4) is 0 Å². The van der Waals surface area contributed by atoms with Gasteiger partial charge in [0.25, 0.3) is 0 Å². The van der Waals surface area contributed by atoms with E-state index in [2.05, 4.69) is 45.8 Å². The molecule has 0 fully saturated rings. The largest absolute Gasteiger partial charge is 0.336 e. The summed E-state index contributed by atoms with van der Waals surface area (Å²) in [4.78, 5) is 18.4. The molecule has 1 heterocycles. The summed E-state index contributed by atoms with van der Waals surface area (Å²) in [6.07, 6.45) is 0.950. The molecule has 0 saturated carbocycles. The lowest BCUT2D eigenvalue weighted by molar-refractivity contribution is 0.199. The summed E-state index contributed by atoms with van der Waals surface area (Å²) >= 11 is 1.67. The monoisotopic (exact) mass is 295 g/mol. The molecular weight excluding hydrogens is 269 g/mol. The molecule has 1 aromatic heterocycles. The predicted octanol–water partition coefficient (Wildman–Crippen LogP) is 2.48. The van der Waals surface area contributed by atoms with Gasteiger partial charge in [-0.1, -0.05) is 34.0 Å². The summed E-state index contributed by atoms with van der Waals surface area (Å²) < 4.78 is 0. The fourth-order valence-corrected chi connectivity index (χ4v) is 2.81. The van der Waals surface area contributed by atoms with Crippen molar-refractivity contribution >= 4 is 25.2 Å². The third kappa shape index (κ3) is 4.82. The van der Waals surface area contributed by atoms with Gasteiger partial charge in [-0.05, 0) is 5.92 Å². The smallest absolute Gasteiger partial charge is 0.317 e. The maximum absolute atomic E-state index is 12.2. The first-order chi connectivity index (χ1) is 9.35. The van der Waals surface area contributed by atoms with E-state index in [0.29, 0.717) is 18.4 Å². The second-order valence-electron chi connectivity index (χ2n) is 5.90. The highest BCUT2D eigenvalue weighted by Gasteiger charge is 2.17. The molecule has 0 aliphatic rings. The van der Waals surface area contributed by atoms with Crippen LogP contribution in [0.5, 0.6) is 0 Å². The number of carbonyl (C=O) groups excluding carboxylic acids is 1. The molecule has 0 aromatic carbocycles. The van der Waals surface area contributed by atoms with Crippen LogP contribution in [0.25, 0.3) is 0 Å². The van der Waals surface area contributed by atoms with Crippen LogP contribution in [0.4, 0.5) is 4.79 Å². The van der Waals surface area contributed by atoms with Crippen LogP contribution in [0.2, 0.25) is 6.32 Å². The minimum absolute atomic E-state index is 0.0235. The van der Waals surface area contributed by atoms with E-state index in [0.717, 1.165) is 17.0 Å². The molecule has 0 radical (unpaired) electrons. The molecule has 2 amide bonds. The Morgan fingerprint density at radius 2 is 2.10 bits per heavy atom. The molecule has 0 aliphatic heterocycles. The van der Waals surface area contributed by atoms with E-state index in [4.69, 9.17) is 0 Å². The summed E-state index contributed by atoms with van der Waals surface area (Å²) in [6.45, 7) is 9.08. The average molecular weight is 295 g/mol. The van der Waals surface area contributed by atoms with E-state index in [1.54, 1.807) is 16.2 Å². The van der Waals surface area contributed by atoms with Crippen molar-refractivity contribution in [2.45, 2.75) is 52.5 Å². The van der Waals surface area contributed by atoms with E-state index in [-0.39, 0.29) is 12.1 Å². The molecule has 1 rings (SSSR count). The van der Waals surface area contributed by atoms with Gasteiger partial charge in [-0.2, -0.15) is 0 Å². The Hall–Kier alpha value is -1.04. The summed E-state index contributed by atoms with van der Waals surface area (Å²) in [5, 5.41) is 6.25. The number of aromatic nitrogens is 1. The standard InChI is InChI=1S/C14H26BN3OS/c1-9(2)12(6-15)17-14(19)18(5)7-11-8-20-13(16-11)10(3)4/h8-10,12H,6-7,15H2,1-5H3,(H,17,19). The third-order valence-corrected chi connectivity index (χ3v) is 4.56. The molecular formula is C14H26BN3OS.